The van der Waals surface area contributed by atoms with Crippen molar-refractivity contribution in [3.8, 4) is 5.75 Å². The molecule has 3 amide bonds. The number of ether oxygens (including phenoxy) is 1. The summed E-state index contributed by atoms with van der Waals surface area (Å²) in [6, 6.07) is 18.0. The third-order valence-electron chi connectivity index (χ3n) is 4.93. The van der Waals surface area contributed by atoms with E-state index >= 15 is 0 Å². The van der Waals surface area contributed by atoms with Gasteiger partial charge in [0.15, 0.2) is 0 Å². The molecule has 2 aromatic carbocycles. The maximum Gasteiger partial charge on any atom is 0.326 e. The van der Waals surface area contributed by atoms with Crippen molar-refractivity contribution in [2.45, 2.75) is 18.5 Å². The maximum atomic E-state index is 12.9. The Kier molecular flexibility index (Phi) is 6.91. The number of aromatic nitrogens is 1. The van der Waals surface area contributed by atoms with Crippen LogP contribution in [0.5, 0.6) is 5.75 Å². The molecule has 3 aromatic rings. The van der Waals surface area contributed by atoms with Crippen molar-refractivity contribution in [3.05, 3.63) is 78.0 Å². The van der Waals surface area contributed by atoms with Gasteiger partial charge >= 0.3 is 6.03 Å². The number of thioether (sulfide) groups is 1. The molecule has 4 rings (SSSR count). The molecule has 0 saturated carbocycles. The van der Waals surface area contributed by atoms with Gasteiger partial charge in [0.1, 0.15) is 10.8 Å². The van der Waals surface area contributed by atoms with Crippen molar-refractivity contribution in [1.82, 2.24) is 10.3 Å². The van der Waals surface area contributed by atoms with Gasteiger partial charge in [-0.1, -0.05) is 24.3 Å². The van der Waals surface area contributed by atoms with Gasteiger partial charge in [-0.3, -0.25) is 9.69 Å². The van der Waals surface area contributed by atoms with Crippen LogP contribution in [0.4, 0.5) is 16.2 Å². The number of para-hydroxylation sites is 1. The predicted molar refractivity (Wildman–Crippen MR) is 127 cm³/mol. The van der Waals surface area contributed by atoms with Gasteiger partial charge in [-0.25, -0.2) is 9.78 Å². The number of hydrogen-bond donors (Lipinski definition) is 2. The number of rotatable bonds is 6. The average molecular weight is 449 g/mol. The largest absolute Gasteiger partial charge is 0.494 e. The Morgan fingerprint density at radius 3 is 2.88 bits per heavy atom. The van der Waals surface area contributed by atoms with Crippen LogP contribution < -0.4 is 20.3 Å². The van der Waals surface area contributed by atoms with E-state index in [0.29, 0.717) is 30.9 Å². The zero-order valence-corrected chi connectivity index (χ0v) is 18.5. The lowest BCUT2D eigenvalue weighted by Gasteiger charge is -2.28. The van der Waals surface area contributed by atoms with Crippen LogP contribution in [0.3, 0.4) is 0 Å². The highest BCUT2D eigenvalue weighted by molar-refractivity contribution is 7.99. The lowest BCUT2D eigenvalue weighted by Crippen LogP contribution is -2.38. The summed E-state index contributed by atoms with van der Waals surface area (Å²) in [5.74, 6) is 1.31. The highest BCUT2D eigenvalue weighted by atomic mass is 32.2. The van der Waals surface area contributed by atoms with Crippen molar-refractivity contribution < 1.29 is 14.3 Å². The van der Waals surface area contributed by atoms with Crippen LogP contribution in [0.25, 0.3) is 0 Å². The molecular formula is C24H24N4O3S. The Morgan fingerprint density at radius 1 is 1.12 bits per heavy atom. The standard InChI is InChI=1S/C24H24N4O3S/c1-2-31-21-11-4-3-7-18(21)16-26-22(29)17-8-5-9-19(15-17)27-24(30)28-13-14-32-23-20(28)10-6-12-25-23/h3-12,15H,2,13-14,16H2,1H3,(H,26,29)(H,27,30). The number of amides is 3. The van der Waals surface area contributed by atoms with Gasteiger partial charge < -0.3 is 15.4 Å². The van der Waals surface area contributed by atoms with E-state index in [1.807, 2.05) is 43.3 Å². The molecule has 7 nitrogen and oxygen atoms in total. The van der Waals surface area contributed by atoms with Gasteiger partial charge in [-0.05, 0) is 43.3 Å². The zero-order valence-electron chi connectivity index (χ0n) is 17.7. The van der Waals surface area contributed by atoms with Crippen molar-refractivity contribution in [1.29, 1.82) is 0 Å². The first kappa shape index (κ1) is 21.7. The van der Waals surface area contributed by atoms with Crippen LogP contribution in [0.1, 0.15) is 22.8 Å². The van der Waals surface area contributed by atoms with Gasteiger partial charge in [-0.15, -0.1) is 11.8 Å². The highest BCUT2D eigenvalue weighted by Crippen LogP contribution is 2.32. The fourth-order valence-electron chi connectivity index (χ4n) is 3.42. The summed E-state index contributed by atoms with van der Waals surface area (Å²) in [6.45, 7) is 3.42. The van der Waals surface area contributed by atoms with E-state index in [0.717, 1.165) is 27.8 Å². The predicted octanol–water partition coefficient (Wildman–Crippen LogP) is 4.55. The first-order valence-corrected chi connectivity index (χ1v) is 11.4. The summed E-state index contributed by atoms with van der Waals surface area (Å²) in [5.41, 5.74) is 2.72. The SMILES string of the molecule is CCOc1ccccc1CNC(=O)c1cccc(NC(=O)N2CCSc3ncccc32)c1. The fourth-order valence-corrected chi connectivity index (χ4v) is 4.35. The molecule has 0 saturated heterocycles. The molecule has 1 aliphatic heterocycles. The van der Waals surface area contributed by atoms with E-state index in [1.165, 1.54) is 0 Å². The Morgan fingerprint density at radius 2 is 2.00 bits per heavy atom. The van der Waals surface area contributed by atoms with E-state index in [1.54, 1.807) is 47.1 Å². The van der Waals surface area contributed by atoms with Crippen LogP contribution in [0.15, 0.2) is 71.9 Å². The summed E-state index contributed by atoms with van der Waals surface area (Å²) in [4.78, 5) is 31.6. The van der Waals surface area contributed by atoms with Gasteiger partial charge in [0, 0.05) is 41.9 Å². The average Bonchev–Trinajstić information content (AvgIpc) is 2.83. The van der Waals surface area contributed by atoms with Gasteiger partial charge in [0.2, 0.25) is 0 Å². The Labute approximate surface area is 191 Å². The molecule has 0 atom stereocenters. The van der Waals surface area contributed by atoms with Crippen molar-refractivity contribution in [2.24, 2.45) is 0 Å². The van der Waals surface area contributed by atoms with Crippen LogP contribution in [-0.2, 0) is 6.54 Å². The van der Waals surface area contributed by atoms with Crippen LogP contribution in [0.2, 0.25) is 0 Å². The lowest BCUT2D eigenvalue weighted by atomic mass is 10.1. The van der Waals surface area contributed by atoms with Crippen LogP contribution >= 0.6 is 11.8 Å². The maximum absolute atomic E-state index is 12.9. The van der Waals surface area contributed by atoms with Crippen molar-refractivity contribution in [3.63, 3.8) is 0 Å². The van der Waals surface area contributed by atoms with Crippen LogP contribution in [0, 0.1) is 0 Å². The Hall–Kier alpha value is -3.52. The summed E-state index contributed by atoms with van der Waals surface area (Å²) in [6.07, 6.45) is 1.72. The number of hydrogen-bond acceptors (Lipinski definition) is 5. The van der Waals surface area contributed by atoms with Gasteiger partial charge in [0.05, 0.1) is 12.3 Å². The van der Waals surface area contributed by atoms with Crippen molar-refractivity contribution in [2.75, 3.05) is 29.1 Å². The van der Waals surface area contributed by atoms with Gasteiger partial charge in [-0.2, -0.15) is 0 Å². The monoisotopic (exact) mass is 448 g/mol. The molecule has 8 heteroatoms. The zero-order chi connectivity index (χ0) is 22.3. The molecule has 0 spiro atoms. The smallest absolute Gasteiger partial charge is 0.326 e. The number of nitrogens with zero attached hydrogens (tertiary/aromatic N) is 2. The fraction of sp³-hybridized carbons (Fsp3) is 0.208. The lowest BCUT2D eigenvalue weighted by molar-refractivity contribution is 0.0950. The minimum absolute atomic E-state index is 0.226. The Balaban J connectivity index is 1.42. The molecule has 0 unspecified atom stereocenters. The first-order chi connectivity index (χ1) is 15.7. The van der Waals surface area contributed by atoms with Crippen LogP contribution in [-0.4, -0.2) is 35.8 Å². The summed E-state index contributed by atoms with van der Waals surface area (Å²) >= 11 is 1.64. The van der Waals surface area contributed by atoms with Crippen molar-refractivity contribution >= 4 is 35.1 Å². The molecule has 2 heterocycles. The second-order valence-corrected chi connectivity index (χ2v) is 8.15. The minimum atomic E-state index is -0.247. The molecular weight excluding hydrogens is 424 g/mol. The number of anilines is 2. The Bertz CT molecular complexity index is 1120. The third-order valence-corrected chi connectivity index (χ3v) is 5.90. The third kappa shape index (κ3) is 5.03. The second-order valence-electron chi connectivity index (χ2n) is 7.06. The molecule has 1 aliphatic rings. The van der Waals surface area contributed by atoms with Gasteiger partial charge in [0.25, 0.3) is 5.91 Å². The minimum Gasteiger partial charge on any atom is -0.494 e. The second kappa shape index (κ2) is 10.2. The van der Waals surface area contributed by atoms with E-state index in [2.05, 4.69) is 15.6 Å². The van der Waals surface area contributed by atoms with E-state index in [4.69, 9.17) is 4.74 Å². The molecule has 0 bridgehead atoms. The number of benzene rings is 2. The topological polar surface area (TPSA) is 83.6 Å². The molecule has 0 fully saturated rings. The molecule has 32 heavy (non-hydrogen) atoms. The number of urea groups is 1. The summed E-state index contributed by atoms with van der Waals surface area (Å²) < 4.78 is 5.61. The number of fused-ring (bicyclic) bond motifs is 1. The molecule has 2 N–H and O–H groups in total. The summed E-state index contributed by atoms with van der Waals surface area (Å²) in [7, 11) is 0. The van der Waals surface area contributed by atoms with E-state index in [-0.39, 0.29) is 11.9 Å². The number of carbonyl (C=O) groups is 2. The molecule has 0 radical (unpaired) electrons. The molecule has 1 aromatic heterocycles. The summed E-state index contributed by atoms with van der Waals surface area (Å²) in [5, 5.41) is 6.66. The normalized spacial score (nSPS) is 12.6. The number of nitrogens with one attached hydrogen (secondary N) is 2. The number of pyridine rings is 1. The molecule has 0 aliphatic carbocycles. The van der Waals surface area contributed by atoms with E-state index < -0.39 is 0 Å². The van der Waals surface area contributed by atoms with E-state index in [9.17, 15) is 9.59 Å². The first-order valence-electron chi connectivity index (χ1n) is 10.4. The molecule has 164 valence electrons. The number of carbonyl (C=O) groups excluding carboxylic acids is 2. The highest BCUT2D eigenvalue weighted by Gasteiger charge is 2.23. The quantitative estimate of drug-likeness (QED) is 0.578.